The van der Waals surface area contributed by atoms with Gasteiger partial charge in [0, 0.05) is 63.3 Å². The van der Waals surface area contributed by atoms with E-state index in [4.69, 9.17) is 46.8 Å². The first-order chi connectivity index (χ1) is 25.4. The van der Waals surface area contributed by atoms with Gasteiger partial charge in [0.1, 0.15) is 35.5 Å². The lowest BCUT2D eigenvalue weighted by Crippen LogP contribution is -2.45. The van der Waals surface area contributed by atoms with Gasteiger partial charge in [-0.2, -0.15) is 13.2 Å². The number of allylic oxidation sites excluding steroid dienone is 1. The lowest BCUT2D eigenvalue weighted by molar-refractivity contribution is -0.140. The minimum atomic E-state index is -3.99. The number of carbonyl (C=O) groups excluding carboxylic acids is 1. The summed E-state index contributed by atoms with van der Waals surface area (Å²) in [5.74, 6) is -4.49. The number of thiophene rings is 1. The Hall–Kier alpha value is -4.83. The second kappa shape index (κ2) is 17.3. The Morgan fingerprint density at radius 2 is 1.87 bits per heavy atom. The van der Waals surface area contributed by atoms with Gasteiger partial charge in [-0.1, -0.05) is 29.8 Å². The van der Waals surface area contributed by atoms with E-state index in [1.165, 1.54) is 30.3 Å². The maximum absolute atomic E-state index is 16.2. The lowest BCUT2D eigenvalue weighted by atomic mass is 9.95. The SMILES string of the molecule is CNc1sc(-c2ccc(F)o2)c(-c2ccc(OCCN3CCN(C)CC3)c(Cl)c2C)c1C(=N)OC(C=O)C(F)(F)c1ccccc1OC/C(N)=C/C=N. The lowest BCUT2D eigenvalue weighted by Gasteiger charge is -2.32. The molecule has 0 aliphatic carbocycles. The predicted molar refractivity (Wildman–Crippen MR) is 201 cm³/mol. The highest BCUT2D eigenvalue weighted by molar-refractivity contribution is 7.20. The molecule has 0 saturated carbocycles. The van der Waals surface area contributed by atoms with Crippen molar-refractivity contribution in [2.24, 2.45) is 5.73 Å². The summed E-state index contributed by atoms with van der Waals surface area (Å²) in [6.45, 7) is 6.36. The number of carbonyl (C=O) groups is 1. The number of ether oxygens (including phenoxy) is 3. The largest absolute Gasteiger partial charge is 0.491 e. The van der Waals surface area contributed by atoms with Gasteiger partial charge in [0.2, 0.25) is 12.0 Å². The van der Waals surface area contributed by atoms with Crippen LogP contribution < -0.4 is 20.5 Å². The highest BCUT2D eigenvalue weighted by Crippen LogP contribution is 2.50. The molecule has 1 fully saturated rings. The van der Waals surface area contributed by atoms with Crippen molar-refractivity contribution in [1.29, 1.82) is 10.8 Å². The van der Waals surface area contributed by atoms with E-state index in [1.54, 1.807) is 26.1 Å². The monoisotopic (exact) mass is 772 g/mol. The maximum atomic E-state index is 16.2. The molecule has 0 bridgehead atoms. The molecule has 282 valence electrons. The number of para-hydroxylation sites is 1. The Morgan fingerprint density at radius 1 is 1.13 bits per heavy atom. The van der Waals surface area contributed by atoms with E-state index in [2.05, 4.69) is 22.2 Å². The van der Waals surface area contributed by atoms with E-state index in [1.807, 2.05) is 0 Å². The Labute approximate surface area is 314 Å². The summed E-state index contributed by atoms with van der Waals surface area (Å²) in [7, 11) is 3.65. The normalized spacial score (nSPS) is 14.8. The standard InChI is InChI=1S/C37H40ClF3N6O5S/c1-22-24(8-9-27(33(22)38)49-19-18-47-16-14-46(3)15-17-47)31-32(36(45-2)53-34(31)28-10-11-30(39)51-28)35(44)52-29(20-48)37(40,41)25-6-4-5-7-26(25)50-21-23(43)12-13-42/h4-13,20,29,42,44-45H,14-19,21,43H2,1-3H3/b23-12-,42-13?,44-35?. The summed E-state index contributed by atoms with van der Waals surface area (Å²) in [5, 5.41) is 19.7. The third kappa shape index (κ3) is 8.87. The van der Waals surface area contributed by atoms with Crippen LogP contribution in [0.15, 0.2) is 64.7 Å². The molecule has 1 unspecified atom stereocenters. The quantitative estimate of drug-likeness (QED) is 0.0536. The Morgan fingerprint density at radius 3 is 2.53 bits per heavy atom. The summed E-state index contributed by atoms with van der Waals surface area (Å²) in [6.07, 6.45) is -0.384. The molecule has 0 radical (unpaired) electrons. The number of furan rings is 1. The fourth-order valence-electron chi connectivity index (χ4n) is 5.80. The van der Waals surface area contributed by atoms with Crippen LogP contribution in [0.1, 0.15) is 16.7 Å². The number of likely N-dealkylation sites (N-methyl/N-ethyl adjacent to an activating group) is 1. The first-order valence-corrected chi connectivity index (χ1v) is 17.8. The van der Waals surface area contributed by atoms with Gasteiger partial charge >= 0.3 is 5.92 Å². The van der Waals surface area contributed by atoms with E-state index in [-0.39, 0.29) is 46.2 Å². The van der Waals surface area contributed by atoms with Crippen LogP contribution in [0.5, 0.6) is 11.5 Å². The van der Waals surface area contributed by atoms with Gasteiger partial charge in [-0.15, -0.1) is 11.3 Å². The summed E-state index contributed by atoms with van der Waals surface area (Å²) in [4.78, 5) is 17.3. The molecule has 11 nitrogen and oxygen atoms in total. The van der Waals surface area contributed by atoms with Crippen LogP contribution in [0.4, 0.5) is 18.2 Å². The fourth-order valence-corrected chi connectivity index (χ4v) is 7.15. The van der Waals surface area contributed by atoms with Crippen molar-refractivity contribution < 1.29 is 36.6 Å². The molecule has 5 rings (SSSR count). The molecular formula is C37H40ClF3N6O5S. The van der Waals surface area contributed by atoms with Crippen LogP contribution in [0.2, 0.25) is 5.02 Å². The number of hydrogen-bond donors (Lipinski definition) is 4. The number of benzene rings is 2. The molecule has 2 aromatic carbocycles. The minimum Gasteiger partial charge on any atom is -0.491 e. The van der Waals surface area contributed by atoms with E-state index in [0.717, 1.165) is 55.9 Å². The van der Waals surface area contributed by atoms with Crippen molar-refractivity contribution in [2.75, 3.05) is 65.3 Å². The summed E-state index contributed by atoms with van der Waals surface area (Å²) in [6, 6.07) is 10.3. The fraction of sp³-hybridized carbons (Fsp3) is 0.324. The van der Waals surface area contributed by atoms with Crippen LogP contribution in [0, 0.1) is 23.8 Å². The average Bonchev–Trinajstić information content (AvgIpc) is 3.76. The van der Waals surface area contributed by atoms with Gasteiger partial charge in [-0.25, -0.2) is 0 Å². The molecule has 1 saturated heterocycles. The highest BCUT2D eigenvalue weighted by Gasteiger charge is 2.47. The molecule has 1 aliphatic rings. The molecule has 0 amide bonds. The number of piperazine rings is 1. The van der Waals surface area contributed by atoms with Gasteiger partial charge in [0.15, 0.2) is 6.29 Å². The van der Waals surface area contributed by atoms with Crippen molar-refractivity contribution in [1.82, 2.24) is 9.80 Å². The van der Waals surface area contributed by atoms with Gasteiger partial charge in [0.25, 0.3) is 6.01 Å². The first kappa shape index (κ1) is 39.4. The summed E-state index contributed by atoms with van der Waals surface area (Å²) < 4.78 is 69.0. The van der Waals surface area contributed by atoms with Gasteiger partial charge in [0.05, 0.1) is 21.0 Å². The smallest absolute Gasteiger partial charge is 0.319 e. The average molecular weight is 773 g/mol. The molecular weight excluding hydrogens is 733 g/mol. The number of halogens is 4. The highest BCUT2D eigenvalue weighted by atomic mass is 35.5. The van der Waals surface area contributed by atoms with Crippen molar-refractivity contribution >= 4 is 46.3 Å². The van der Waals surface area contributed by atoms with Gasteiger partial charge in [-0.05, 0) is 55.4 Å². The Bertz CT molecular complexity index is 1980. The molecule has 0 spiro atoms. The van der Waals surface area contributed by atoms with Gasteiger partial charge < -0.3 is 40.0 Å². The number of rotatable bonds is 16. The maximum Gasteiger partial charge on any atom is 0.319 e. The van der Waals surface area contributed by atoms with Crippen molar-refractivity contribution in [3.63, 3.8) is 0 Å². The molecule has 1 aliphatic heterocycles. The minimum absolute atomic E-state index is 0.0175. The van der Waals surface area contributed by atoms with E-state index in [0.29, 0.717) is 39.9 Å². The predicted octanol–water partition coefficient (Wildman–Crippen LogP) is 7.02. The number of aldehydes is 1. The van der Waals surface area contributed by atoms with Crippen LogP contribution >= 0.6 is 22.9 Å². The third-order valence-corrected chi connectivity index (χ3v) is 10.4. The zero-order valence-electron chi connectivity index (χ0n) is 29.3. The summed E-state index contributed by atoms with van der Waals surface area (Å²) in [5.41, 5.74) is 6.50. The molecule has 53 heavy (non-hydrogen) atoms. The topological polar surface area (TPSA) is 150 Å². The Balaban J connectivity index is 1.49. The van der Waals surface area contributed by atoms with Crippen LogP contribution in [-0.4, -0.2) is 94.3 Å². The van der Waals surface area contributed by atoms with Crippen molar-refractivity contribution in [2.45, 2.75) is 19.0 Å². The third-order valence-electron chi connectivity index (χ3n) is 8.70. The van der Waals surface area contributed by atoms with Crippen LogP contribution in [-0.2, 0) is 15.5 Å². The van der Waals surface area contributed by atoms with Crippen molar-refractivity contribution in [3.05, 3.63) is 88.0 Å². The molecule has 3 heterocycles. The molecule has 2 aromatic heterocycles. The van der Waals surface area contributed by atoms with Crippen LogP contribution in [0.3, 0.4) is 0 Å². The Kier molecular flexibility index (Phi) is 12.9. The number of alkyl halides is 2. The second-order valence-corrected chi connectivity index (χ2v) is 13.6. The zero-order valence-corrected chi connectivity index (χ0v) is 30.9. The molecule has 1 atom stereocenters. The number of nitrogens with one attached hydrogen (secondary N) is 3. The van der Waals surface area contributed by atoms with E-state index in [9.17, 15) is 9.18 Å². The zero-order chi connectivity index (χ0) is 38.3. The number of anilines is 1. The first-order valence-electron chi connectivity index (χ1n) is 16.6. The van der Waals surface area contributed by atoms with Crippen molar-refractivity contribution in [3.8, 4) is 33.3 Å². The van der Waals surface area contributed by atoms with Crippen LogP contribution in [0.25, 0.3) is 21.8 Å². The number of nitrogens with zero attached hydrogens (tertiary/aromatic N) is 2. The number of nitrogens with two attached hydrogens (primary N) is 1. The molecule has 5 N–H and O–H groups in total. The number of hydrogen-bond acceptors (Lipinski definition) is 12. The second-order valence-electron chi connectivity index (χ2n) is 12.2. The summed E-state index contributed by atoms with van der Waals surface area (Å²) >= 11 is 7.94. The molecule has 16 heteroatoms. The van der Waals surface area contributed by atoms with E-state index >= 15 is 8.78 Å². The van der Waals surface area contributed by atoms with Gasteiger partial charge in [-0.3, -0.25) is 15.1 Å². The molecule has 4 aromatic rings. The van der Waals surface area contributed by atoms with E-state index < -0.39 is 29.5 Å².